The Morgan fingerprint density at radius 3 is 2.07 bits per heavy atom. The van der Waals surface area contributed by atoms with Gasteiger partial charge in [-0.3, -0.25) is 4.79 Å². The predicted octanol–water partition coefficient (Wildman–Crippen LogP) is 5.05. The molecule has 2 aromatic rings. The molecule has 0 aliphatic heterocycles. The quantitative estimate of drug-likeness (QED) is 0.596. The second kappa shape index (κ2) is 10.4. The van der Waals surface area contributed by atoms with Gasteiger partial charge in [0.2, 0.25) is 5.75 Å². The van der Waals surface area contributed by atoms with Crippen LogP contribution in [0.15, 0.2) is 24.3 Å². The fourth-order valence-corrected chi connectivity index (χ4v) is 3.28. The lowest BCUT2D eigenvalue weighted by Gasteiger charge is -2.19. The Hall–Kier alpha value is -2.60. The van der Waals surface area contributed by atoms with Crippen LogP contribution in [0.1, 0.15) is 49.4 Å². The first kappa shape index (κ1) is 23.7. The lowest BCUT2D eigenvalue weighted by Crippen LogP contribution is -2.31. The van der Waals surface area contributed by atoms with Crippen molar-refractivity contribution in [2.75, 3.05) is 27.9 Å². The molecule has 0 saturated heterocycles. The first-order valence-corrected chi connectivity index (χ1v) is 10.1. The van der Waals surface area contributed by atoms with E-state index in [4.69, 9.17) is 30.5 Å². The molecule has 0 fully saturated rings. The van der Waals surface area contributed by atoms with Crippen molar-refractivity contribution in [3.05, 3.63) is 46.0 Å². The molecule has 0 bridgehead atoms. The van der Waals surface area contributed by atoms with Crippen LogP contribution < -0.4 is 24.3 Å². The predicted molar refractivity (Wildman–Crippen MR) is 118 cm³/mol. The van der Waals surface area contributed by atoms with Crippen molar-refractivity contribution in [2.24, 2.45) is 0 Å². The van der Waals surface area contributed by atoms with Crippen LogP contribution in [-0.2, 0) is 4.79 Å². The molecule has 0 aliphatic carbocycles. The minimum Gasteiger partial charge on any atom is -0.493 e. The highest BCUT2D eigenvalue weighted by molar-refractivity contribution is 6.31. The number of benzene rings is 2. The summed E-state index contributed by atoms with van der Waals surface area (Å²) in [6.07, 6.45) is 0. The Bertz CT molecular complexity index is 872. The fourth-order valence-electron chi connectivity index (χ4n) is 3.11. The van der Waals surface area contributed by atoms with Crippen molar-refractivity contribution in [1.82, 2.24) is 5.32 Å². The van der Waals surface area contributed by atoms with Crippen molar-refractivity contribution < 1.29 is 23.7 Å². The molecule has 1 N–H and O–H groups in total. The summed E-state index contributed by atoms with van der Waals surface area (Å²) in [6.45, 7) is 7.80. The highest BCUT2D eigenvalue weighted by Gasteiger charge is 2.18. The molecule has 0 saturated carbocycles. The van der Waals surface area contributed by atoms with Crippen molar-refractivity contribution in [3.8, 4) is 23.0 Å². The van der Waals surface area contributed by atoms with Gasteiger partial charge < -0.3 is 24.3 Å². The second-order valence-electron chi connectivity index (χ2n) is 7.33. The maximum absolute atomic E-state index is 12.5. The van der Waals surface area contributed by atoms with E-state index in [9.17, 15) is 4.79 Å². The zero-order valence-corrected chi connectivity index (χ0v) is 19.3. The lowest BCUT2D eigenvalue weighted by atomic mass is 10.0. The van der Waals surface area contributed by atoms with Crippen molar-refractivity contribution in [1.29, 1.82) is 0 Å². The molecule has 1 atom stereocenters. The normalized spacial score (nSPS) is 11.8. The van der Waals surface area contributed by atoms with E-state index in [1.54, 1.807) is 21.3 Å². The van der Waals surface area contributed by atoms with Crippen molar-refractivity contribution >= 4 is 17.5 Å². The number of halogens is 1. The molecule has 6 nitrogen and oxygen atoms in total. The van der Waals surface area contributed by atoms with Crippen molar-refractivity contribution in [2.45, 2.75) is 39.7 Å². The zero-order valence-electron chi connectivity index (χ0n) is 18.6. The number of methoxy groups -OCH3 is 3. The molecule has 0 radical (unpaired) electrons. The highest BCUT2D eigenvalue weighted by Crippen LogP contribution is 2.39. The van der Waals surface area contributed by atoms with Gasteiger partial charge >= 0.3 is 0 Å². The highest BCUT2D eigenvalue weighted by atomic mass is 35.5. The zero-order chi connectivity index (χ0) is 22.4. The van der Waals surface area contributed by atoms with E-state index in [0.717, 1.165) is 16.7 Å². The summed E-state index contributed by atoms with van der Waals surface area (Å²) in [6, 6.07) is 7.10. The number of carbonyl (C=O) groups is 1. The van der Waals surface area contributed by atoms with Gasteiger partial charge in [0.25, 0.3) is 5.91 Å². The molecular weight excluding hydrogens is 406 g/mol. The third kappa shape index (κ3) is 5.51. The van der Waals surface area contributed by atoms with E-state index in [2.05, 4.69) is 19.2 Å². The van der Waals surface area contributed by atoms with Gasteiger partial charge in [-0.25, -0.2) is 0 Å². The average Bonchev–Trinajstić information content (AvgIpc) is 2.72. The first-order chi connectivity index (χ1) is 14.2. The van der Waals surface area contributed by atoms with Crippen molar-refractivity contribution in [3.63, 3.8) is 0 Å². The topological polar surface area (TPSA) is 66.0 Å². The van der Waals surface area contributed by atoms with Crippen LogP contribution in [0.4, 0.5) is 0 Å². The van der Waals surface area contributed by atoms with Crippen LogP contribution in [0.2, 0.25) is 5.02 Å². The third-order valence-corrected chi connectivity index (χ3v) is 5.24. The van der Waals surface area contributed by atoms with E-state index in [0.29, 0.717) is 28.0 Å². The molecular formula is C23H30ClNO5. The number of ether oxygens (including phenoxy) is 4. The maximum atomic E-state index is 12.5. The Morgan fingerprint density at radius 1 is 0.967 bits per heavy atom. The Balaban J connectivity index is 2.11. The summed E-state index contributed by atoms with van der Waals surface area (Å²) in [5.41, 5.74) is 2.70. The largest absolute Gasteiger partial charge is 0.493 e. The fraction of sp³-hybridized carbons (Fsp3) is 0.435. The number of amides is 1. The maximum Gasteiger partial charge on any atom is 0.258 e. The van der Waals surface area contributed by atoms with Crippen LogP contribution in [0.3, 0.4) is 0 Å². The summed E-state index contributed by atoms with van der Waals surface area (Å²) in [5, 5.41) is 3.63. The van der Waals surface area contributed by atoms with Crippen LogP contribution in [0, 0.1) is 6.92 Å². The van der Waals surface area contributed by atoms with Gasteiger partial charge in [0.05, 0.1) is 27.4 Å². The first-order valence-electron chi connectivity index (χ1n) is 9.73. The van der Waals surface area contributed by atoms with Gasteiger partial charge in [-0.05, 0) is 60.7 Å². The van der Waals surface area contributed by atoms with E-state index < -0.39 is 0 Å². The summed E-state index contributed by atoms with van der Waals surface area (Å²) < 4.78 is 21.9. The number of hydrogen-bond donors (Lipinski definition) is 1. The van der Waals surface area contributed by atoms with Gasteiger partial charge in [0.15, 0.2) is 18.1 Å². The van der Waals surface area contributed by atoms with E-state index in [1.165, 1.54) is 0 Å². The number of rotatable bonds is 9. The second-order valence-corrected chi connectivity index (χ2v) is 7.74. The Kier molecular flexibility index (Phi) is 8.24. The molecule has 164 valence electrons. The number of aryl methyl sites for hydroxylation is 1. The molecule has 1 unspecified atom stereocenters. The standard InChI is InChI=1S/C23H30ClNO5/c1-13(2)17-11-18(24)14(3)8-19(17)30-12-22(26)25-15(4)16-9-20(27-5)23(29-7)21(10-16)28-6/h8-11,13,15H,12H2,1-7H3,(H,25,26). The van der Waals surface area contributed by atoms with Gasteiger partial charge in [-0.1, -0.05) is 25.4 Å². The molecule has 7 heteroatoms. The summed E-state index contributed by atoms with van der Waals surface area (Å²) in [4.78, 5) is 12.5. The smallest absolute Gasteiger partial charge is 0.258 e. The third-order valence-electron chi connectivity index (χ3n) is 4.84. The minimum absolute atomic E-state index is 0.102. The Morgan fingerprint density at radius 2 is 1.57 bits per heavy atom. The summed E-state index contributed by atoms with van der Waals surface area (Å²) >= 11 is 6.24. The molecule has 0 heterocycles. The lowest BCUT2D eigenvalue weighted by molar-refractivity contribution is -0.123. The van der Waals surface area contributed by atoms with E-state index >= 15 is 0 Å². The van der Waals surface area contributed by atoms with Gasteiger partial charge in [-0.15, -0.1) is 0 Å². The monoisotopic (exact) mass is 435 g/mol. The van der Waals surface area contributed by atoms with Crippen LogP contribution in [0.25, 0.3) is 0 Å². The Labute approximate surface area is 183 Å². The number of nitrogens with one attached hydrogen (secondary N) is 1. The molecule has 1 amide bonds. The molecule has 0 spiro atoms. The van der Waals surface area contributed by atoms with Crippen LogP contribution in [0.5, 0.6) is 23.0 Å². The van der Waals surface area contributed by atoms with E-state index in [-0.39, 0.29) is 24.5 Å². The van der Waals surface area contributed by atoms with Gasteiger partial charge in [0, 0.05) is 5.02 Å². The summed E-state index contributed by atoms with van der Waals surface area (Å²) in [7, 11) is 4.66. The average molecular weight is 436 g/mol. The van der Waals surface area contributed by atoms with Gasteiger partial charge in [0.1, 0.15) is 5.75 Å². The SMILES string of the molecule is COc1cc(C(C)NC(=O)COc2cc(C)c(Cl)cc2C(C)C)cc(OC)c1OC. The number of carbonyl (C=O) groups excluding carboxylic acids is 1. The number of hydrogen-bond acceptors (Lipinski definition) is 5. The molecule has 0 aromatic heterocycles. The van der Waals surface area contributed by atoms with E-state index in [1.807, 2.05) is 38.1 Å². The molecule has 2 rings (SSSR count). The molecule has 0 aliphatic rings. The molecule has 2 aromatic carbocycles. The van der Waals surface area contributed by atoms with Crippen LogP contribution in [-0.4, -0.2) is 33.8 Å². The summed E-state index contributed by atoms with van der Waals surface area (Å²) in [5.74, 6) is 2.22. The van der Waals surface area contributed by atoms with Gasteiger partial charge in [-0.2, -0.15) is 0 Å². The molecule has 30 heavy (non-hydrogen) atoms. The minimum atomic E-state index is -0.286. The van der Waals surface area contributed by atoms with Crippen LogP contribution >= 0.6 is 11.6 Å².